The van der Waals surface area contributed by atoms with Crippen molar-refractivity contribution < 1.29 is 14.9 Å². The number of imidazole rings is 1. The van der Waals surface area contributed by atoms with Gasteiger partial charge in [-0.15, -0.1) is 0 Å². The Labute approximate surface area is 107 Å². The van der Waals surface area contributed by atoms with E-state index in [4.69, 9.17) is 21.3 Å². The molecule has 19 heavy (non-hydrogen) atoms. The van der Waals surface area contributed by atoms with E-state index in [0.29, 0.717) is 11.2 Å². The zero-order valence-electron chi connectivity index (χ0n) is 9.92. The van der Waals surface area contributed by atoms with Crippen LogP contribution in [0.4, 0.5) is 5.82 Å². The molecule has 3 rings (SSSR count). The van der Waals surface area contributed by atoms with Crippen LogP contribution in [-0.4, -0.2) is 54.6 Å². The van der Waals surface area contributed by atoms with Crippen LogP contribution in [0.5, 0.6) is 0 Å². The number of nitrogen functional groups attached to an aromatic ring is 1. The number of aromatic nitrogens is 4. The number of rotatable bonds is 2. The number of nitrogens with zero attached hydrogens (tertiary/aromatic N) is 4. The molecule has 2 aromatic rings. The van der Waals surface area contributed by atoms with Gasteiger partial charge in [0.1, 0.15) is 24.1 Å². The van der Waals surface area contributed by atoms with Crippen LogP contribution < -0.4 is 11.5 Å². The maximum atomic E-state index is 9.85. The zero-order valence-corrected chi connectivity index (χ0v) is 9.92. The van der Waals surface area contributed by atoms with E-state index in [-0.39, 0.29) is 12.4 Å². The van der Waals surface area contributed by atoms with Crippen molar-refractivity contribution in [3.8, 4) is 0 Å². The molecule has 0 amide bonds. The van der Waals surface area contributed by atoms with Crippen molar-refractivity contribution in [1.82, 2.24) is 19.5 Å². The molecule has 0 saturated carbocycles. The van der Waals surface area contributed by atoms with Crippen molar-refractivity contribution in [2.45, 2.75) is 24.5 Å². The Morgan fingerprint density at radius 1 is 1.37 bits per heavy atom. The van der Waals surface area contributed by atoms with E-state index in [2.05, 4.69) is 15.0 Å². The summed E-state index contributed by atoms with van der Waals surface area (Å²) in [6.45, 7) is -0.310. The molecular weight excluding hydrogens is 252 g/mol. The molecule has 9 heteroatoms. The van der Waals surface area contributed by atoms with E-state index in [0.717, 1.165) is 0 Å². The second-order valence-corrected chi connectivity index (χ2v) is 4.40. The van der Waals surface area contributed by atoms with Gasteiger partial charge in [0.05, 0.1) is 19.0 Å². The van der Waals surface area contributed by atoms with Crippen molar-refractivity contribution in [2.24, 2.45) is 5.73 Å². The summed E-state index contributed by atoms with van der Waals surface area (Å²) in [5, 5.41) is 19.0. The summed E-state index contributed by atoms with van der Waals surface area (Å²) in [6.07, 6.45) is 0.456. The number of anilines is 1. The maximum absolute atomic E-state index is 9.85. The summed E-state index contributed by atoms with van der Waals surface area (Å²) in [6, 6.07) is -0.689. The van der Waals surface area contributed by atoms with Crippen LogP contribution >= 0.6 is 0 Å². The molecule has 0 radical (unpaired) electrons. The lowest BCUT2D eigenvalue weighted by atomic mass is 10.1. The fourth-order valence-corrected chi connectivity index (χ4v) is 2.23. The van der Waals surface area contributed by atoms with Crippen LogP contribution in [-0.2, 0) is 4.74 Å². The Morgan fingerprint density at radius 3 is 2.84 bits per heavy atom. The third kappa shape index (κ3) is 1.75. The molecule has 102 valence electrons. The minimum atomic E-state index is -0.952. The number of aliphatic hydroxyl groups excluding tert-OH is 2. The highest BCUT2D eigenvalue weighted by molar-refractivity contribution is 5.81. The molecule has 0 aliphatic carbocycles. The fourth-order valence-electron chi connectivity index (χ4n) is 2.23. The molecule has 6 N–H and O–H groups in total. The lowest BCUT2D eigenvalue weighted by Gasteiger charge is -2.17. The molecule has 0 aromatic carbocycles. The highest BCUT2D eigenvalue weighted by atomic mass is 16.5. The lowest BCUT2D eigenvalue weighted by Crippen LogP contribution is -2.39. The van der Waals surface area contributed by atoms with Crippen LogP contribution in [0.1, 0.15) is 6.23 Å². The normalized spacial score (nSPS) is 31.1. The summed E-state index contributed by atoms with van der Waals surface area (Å²) < 4.78 is 7.10. The highest BCUT2D eigenvalue weighted by Crippen LogP contribution is 2.30. The van der Waals surface area contributed by atoms with Gasteiger partial charge in [0.25, 0.3) is 0 Å². The Morgan fingerprint density at radius 2 is 2.16 bits per heavy atom. The van der Waals surface area contributed by atoms with E-state index >= 15 is 0 Å². The molecule has 9 nitrogen and oxygen atoms in total. The third-order valence-electron chi connectivity index (χ3n) is 3.26. The number of nitrogens with two attached hydrogens (primary N) is 2. The fraction of sp³-hybridized carbons (Fsp3) is 0.500. The standard InChI is InChI=1S/C10H14N6O3/c11-5-7(18)4(1-17)19-10(5)16-3-15-6-8(12)13-2-14-9(6)16/h2-5,7,10,17-18H,1,11H2,(H2,12,13,14)/t4-,5?,7-,10-/m1/s1. The quantitative estimate of drug-likeness (QED) is 0.487. The number of fused-ring (bicyclic) bond motifs is 1. The van der Waals surface area contributed by atoms with E-state index in [1.807, 2.05) is 0 Å². The second-order valence-electron chi connectivity index (χ2n) is 4.40. The van der Waals surface area contributed by atoms with Gasteiger partial charge >= 0.3 is 0 Å². The zero-order chi connectivity index (χ0) is 13.6. The first-order valence-corrected chi connectivity index (χ1v) is 5.76. The molecule has 1 fully saturated rings. The Hall–Kier alpha value is -1.81. The number of hydrogen-bond donors (Lipinski definition) is 4. The molecule has 1 saturated heterocycles. The van der Waals surface area contributed by atoms with Gasteiger partial charge in [-0.25, -0.2) is 15.0 Å². The summed E-state index contributed by atoms with van der Waals surface area (Å²) in [5.41, 5.74) is 12.5. The van der Waals surface area contributed by atoms with Crippen molar-refractivity contribution in [1.29, 1.82) is 0 Å². The highest BCUT2D eigenvalue weighted by Gasteiger charge is 2.42. The van der Waals surface area contributed by atoms with Crippen molar-refractivity contribution in [3.63, 3.8) is 0 Å². The van der Waals surface area contributed by atoms with E-state index in [1.165, 1.54) is 12.7 Å². The predicted molar refractivity (Wildman–Crippen MR) is 64.7 cm³/mol. The number of aliphatic hydroxyl groups is 2. The minimum absolute atomic E-state index is 0.259. The van der Waals surface area contributed by atoms with Gasteiger partial charge in [-0.05, 0) is 0 Å². The first-order chi connectivity index (χ1) is 9.13. The average Bonchev–Trinajstić information content (AvgIpc) is 2.94. The van der Waals surface area contributed by atoms with Gasteiger partial charge in [-0.3, -0.25) is 4.57 Å². The van der Waals surface area contributed by atoms with Gasteiger partial charge in [-0.1, -0.05) is 0 Å². The summed E-state index contributed by atoms with van der Waals surface area (Å²) in [7, 11) is 0. The van der Waals surface area contributed by atoms with Crippen LogP contribution in [0.15, 0.2) is 12.7 Å². The second kappa shape index (κ2) is 4.38. The largest absolute Gasteiger partial charge is 0.394 e. The van der Waals surface area contributed by atoms with Gasteiger partial charge in [-0.2, -0.15) is 0 Å². The molecule has 1 unspecified atom stereocenters. The smallest absolute Gasteiger partial charge is 0.167 e. The van der Waals surface area contributed by atoms with E-state index in [9.17, 15) is 5.11 Å². The van der Waals surface area contributed by atoms with Crippen LogP contribution in [0.3, 0.4) is 0 Å². The summed E-state index contributed by atoms with van der Waals surface area (Å²) in [5.74, 6) is 0.259. The van der Waals surface area contributed by atoms with Gasteiger partial charge < -0.3 is 26.4 Å². The lowest BCUT2D eigenvalue weighted by molar-refractivity contribution is -0.0437. The third-order valence-corrected chi connectivity index (χ3v) is 3.26. The minimum Gasteiger partial charge on any atom is -0.394 e. The molecule has 4 atom stereocenters. The van der Waals surface area contributed by atoms with Crippen molar-refractivity contribution in [3.05, 3.63) is 12.7 Å². The molecule has 1 aliphatic rings. The van der Waals surface area contributed by atoms with Gasteiger partial charge in [0.15, 0.2) is 17.7 Å². The average molecular weight is 266 g/mol. The monoisotopic (exact) mass is 266 g/mol. The molecule has 0 bridgehead atoms. The topological polar surface area (TPSA) is 145 Å². The SMILES string of the molecule is Nc1ncnc2c1ncn2[C@@H]1O[C@H](CO)[C@@H](O)C1N. The van der Waals surface area contributed by atoms with E-state index < -0.39 is 24.5 Å². The van der Waals surface area contributed by atoms with Crippen LogP contribution in [0.25, 0.3) is 11.2 Å². The summed E-state index contributed by atoms with van der Waals surface area (Å²) >= 11 is 0. The first-order valence-electron chi connectivity index (χ1n) is 5.76. The van der Waals surface area contributed by atoms with E-state index in [1.54, 1.807) is 4.57 Å². The Bertz CT molecular complexity index is 602. The van der Waals surface area contributed by atoms with Crippen molar-refractivity contribution >= 4 is 17.0 Å². The maximum Gasteiger partial charge on any atom is 0.167 e. The Balaban J connectivity index is 2.04. The molecular formula is C10H14N6O3. The van der Waals surface area contributed by atoms with Gasteiger partial charge in [0, 0.05) is 0 Å². The Kier molecular flexibility index (Phi) is 2.82. The predicted octanol–water partition coefficient (Wildman–Crippen LogP) is -2.01. The van der Waals surface area contributed by atoms with Crippen LogP contribution in [0, 0.1) is 0 Å². The summed E-state index contributed by atoms with van der Waals surface area (Å²) in [4.78, 5) is 12.0. The van der Waals surface area contributed by atoms with Crippen molar-refractivity contribution in [2.75, 3.05) is 12.3 Å². The van der Waals surface area contributed by atoms with Crippen LogP contribution in [0.2, 0.25) is 0 Å². The molecule has 3 heterocycles. The number of ether oxygens (including phenoxy) is 1. The number of hydrogen-bond acceptors (Lipinski definition) is 8. The molecule has 0 spiro atoms. The molecule has 2 aromatic heterocycles. The molecule has 1 aliphatic heterocycles. The van der Waals surface area contributed by atoms with Gasteiger partial charge in [0.2, 0.25) is 0 Å². The first kappa shape index (κ1) is 12.2.